The van der Waals surface area contributed by atoms with E-state index < -0.39 is 0 Å². The fourth-order valence-electron chi connectivity index (χ4n) is 1.96. The predicted octanol–water partition coefficient (Wildman–Crippen LogP) is 3.65. The summed E-state index contributed by atoms with van der Waals surface area (Å²) in [6.45, 7) is 1.42. The third-order valence-electron chi connectivity index (χ3n) is 2.93. The molecule has 1 aliphatic rings. The quantitative estimate of drug-likeness (QED) is 0.867. The summed E-state index contributed by atoms with van der Waals surface area (Å²) in [5.74, 6) is 0.765. The Morgan fingerprint density at radius 1 is 1.28 bits per heavy atom. The van der Waals surface area contributed by atoms with Gasteiger partial charge in [0.1, 0.15) is 12.4 Å². The predicted molar refractivity (Wildman–Crippen MR) is 76.9 cm³/mol. The molecule has 0 aromatic heterocycles. The SMILES string of the molecule is OCc1cc(Br)c(OCC2CCCCO2)c(Br)c1. The van der Waals surface area contributed by atoms with Gasteiger partial charge in [-0.3, -0.25) is 0 Å². The van der Waals surface area contributed by atoms with Crippen LogP contribution in [-0.2, 0) is 11.3 Å². The van der Waals surface area contributed by atoms with Gasteiger partial charge in [-0.15, -0.1) is 0 Å². The number of aliphatic hydroxyl groups excluding tert-OH is 1. The van der Waals surface area contributed by atoms with E-state index in [0.29, 0.717) is 6.61 Å². The minimum atomic E-state index is 0.0171. The summed E-state index contributed by atoms with van der Waals surface area (Å²) in [7, 11) is 0. The molecule has 0 aliphatic carbocycles. The van der Waals surface area contributed by atoms with Crippen LogP contribution in [0.25, 0.3) is 0 Å². The van der Waals surface area contributed by atoms with Crippen LogP contribution in [-0.4, -0.2) is 24.4 Å². The van der Waals surface area contributed by atoms with Crippen LogP contribution in [0.5, 0.6) is 5.75 Å². The largest absolute Gasteiger partial charge is 0.489 e. The summed E-state index contributed by atoms with van der Waals surface area (Å²) in [6, 6.07) is 3.73. The summed E-state index contributed by atoms with van der Waals surface area (Å²) in [4.78, 5) is 0. The van der Waals surface area contributed by atoms with Gasteiger partial charge in [0.2, 0.25) is 0 Å². The molecule has 1 saturated heterocycles. The lowest BCUT2D eigenvalue weighted by atomic mass is 10.1. The van der Waals surface area contributed by atoms with Gasteiger partial charge in [0.05, 0.1) is 21.7 Å². The van der Waals surface area contributed by atoms with Gasteiger partial charge in [-0.05, 0) is 68.8 Å². The highest BCUT2D eigenvalue weighted by Crippen LogP contribution is 2.35. The van der Waals surface area contributed by atoms with Crippen molar-refractivity contribution < 1.29 is 14.6 Å². The van der Waals surface area contributed by atoms with E-state index in [2.05, 4.69) is 31.9 Å². The summed E-state index contributed by atoms with van der Waals surface area (Å²) in [6.07, 6.45) is 3.61. The number of benzene rings is 1. The molecule has 18 heavy (non-hydrogen) atoms. The highest BCUT2D eigenvalue weighted by atomic mass is 79.9. The average Bonchev–Trinajstić information content (AvgIpc) is 2.38. The molecule has 1 heterocycles. The van der Waals surface area contributed by atoms with E-state index in [4.69, 9.17) is 14.6 Å². The molecular weight excluding hydrogens is 364 g/mol. The van der Waals surface area contributed by atoms with Gasteiger partial charge >= 0.3 is 0 Å². The van der Waals surface area contributed by atoms with Crippen molar-refractivity contribution in [2.24, 2.45) is 0 Å². The van der Waals surface area contributed by atoms with Crippen molar-refractivity contribution in [2.45, 2.75) is 32.0 Å². The number of halogens is 2. The molecule has 5 heteroatoms. The highest BCUT2D eigenvalue weighted by molar-refractivity contribution is 9.11. The summed E-state index contributed by atoms with van der Waals surface area (Å²) in [5.41, 5.74) is 0.843. The molecule has 0 spiro atoms. The van der Waals surface area contributed by atoms with Gasteiger partial charge in [-0.25, -0.2) is 0 Å². The molecule has 2 rings (SSSR count). The zero-order valence-corrected chi connectivity index (χ0v) is 13.2. The Labute approximate surface area is 124 Å². The van der Waals surface area contributed by atoms with Crippen molar-refractivity contribution in [1.29, 1.82) is 0 Å². The van der Waals surface area contributed by atoms with E-state index in [1.807, 2.05) is 12.1 Å². The van der Waals surface area contributed by atoms with Crippen molar-refractivity contribution in [2.75, 3.05) is 13.2 Å². The minimum Gasteiger partial charge on any atom is -0.489 e. The number of rotatable bonds is 4. The molecule has 1 unspecified atom stereocenters. The second-order valence-electron chi connectivity index (χ2n) is 4.35. The van der Waals surface area contributed by atoms with Gasteiger partial charge < -0.3 is 14.6 Å². The van der Waals surface area contributed by atoms with Crippen LogP contribution < -0.4 is 4.74 Å². The molecule has 0 radical (unpaired) electrons. The number of hydrogen-bond acceptors (Lipinski definition) is 3. The molecule has 0 saturated carbocycles. The molecule has 1 aromatic carbocycles. The van der Waals surface area contributed by atoms with Gasteiger partial charge in [0, 0.05) is 6.61 Å². The Balaban J connectivity index is 2.00. The number of hydrogen-bond donors (Lipinski definition) is 1. The molecular formula is C13H16Br2O3. The molecule has 1 N–H and O–H groups in total. The Morgan fingerprint density at radius 3 is 2.56 bits per heavy atom. The van der Waals surface area contributed by atoms with Gasteiger partial charge in [0.15, 0.2) is 0 Å². The van der Waals surface area contributed by atoms with E-state index in [9.17, 15) is 0 Å². The van der Waals surface area contributed by atoms with E-state index in [1.54, 1.807) is 0 Å². The molecule has 100 valence electrons. The number of ether oxygens (including phenoxy) is 2. The van der Waals surface area contributed by atoms with Crippen LogP contribution in [0, 0.1) is 0 Å². The van der Waals surface area contributed by atoms with Crippen LogP contribution in [0.15, 0.2) is 21.1 Å². The summed E-state index contributed by atoms with van der Waals surface area (Å²) >= 11 is 6.91. The molecule has 1 fully saturated rings. The maximum Gasteiger partial charge on any atom is 0.147 e. The standard InChI is InChI=1S/C13H16Br2O3/c14-11-5-9(7-16)6-12(15)13(11)18-8-10-3-1-2-4-17-10/h5-6,10,16H,1-4,7-8H2. The van der Waals surface area contributed by atoms with E-state index in [-0.39, 0.29) is 12.7 Å². The highest BCUT2D eigenvalue weighted by Gasteiger charge is 2.16. The van der Waals surface area contributed by atoms with Gasteiger partial charge in [-0.1, -0.05) is 0 Å². The zero-order chi connectivity index (χ0) is 13.0. The van der Waals surface area contributed by atoms with Crippen molar-refractivity contribution in [3.05, 3.63) is 26.6 Å². The summed E-state index contributed by atoms with van der Waals surface area (Å²) < 4.78 is 13.1. The van der Waals surface area contributed by atoms with Crippen LogP contribution in [0.3, 0.4) is 0 Å². The fraction of sp³-hybridized carbons (Fsp3) is 0.538. The second-order valence-corrected chi connectivity index (χ2v) is 6.05. The number of aliphatic hydroxyl groups is 1. The maximum absolute atomic E-state index is 9.11. The average molecular weight is 380 g/mol. The van der Waals surface area contributed by atoms with Crippen molar-refractivity contribution in [3.8, 4) is 5.75 Å². The van der Waals surface area contributed by atoms with Crippen LogP contribution in [0.4, 0.5) is 0 Å². The zero-order valence-electron chi connectivity index (χ0n) is 9.99. The second kappa shape index (κ2) is 6.89. The maximum atomic E-state index is 9.11. The Bertz CT molecular complexity index is 380. The van der Waals surface area contributed by atoms with E-state index in [1.165, 1.54) is 6.42 Å². The first-order valence-corrected chi connectivity index (χ1v) is 7.62. The minimum absolute atomic E-state index is 0.0171. The van der Waals surface area contributed by atoms with E-state index >= 15 is 0 Å². The Morgan fingerprint density at radius 2 is 2.00 bits per heavy atom. The molecule has 1 aliphatic heterocycles. The lowest BCUT2D eigenvalue weighted by Crippen LogP contribution is -2.25. The first-order valence-electron chi connectivity index (χ1n) is 6.04. The van der Waals surface area contributed by atoms with Crippen LogP contribution in [0.1, 0.15) is 24.8 Å². The smallest absolute Gasteiger partial charge is 0.147 e. The van der Waals surface area contributed by atoms with Gasteiger partial charge in [0.25, 0.3) is 0 Å². The third-order valence-corrected chi connectivity index (χ3v) is 4.11. The first-order chi connectivity index (χ1) is 8.70. The molecule has 3 nitrogen and oxygen atoms in total. The van der Waals surface area contributed by atoms with Crippen molar-refractivity contribution in [1.82, 2.24) is 0 Å². The Kier molecular flexibility index (Phi) is 5.48. The molecule has 0 amide bonds. The lowest BCUT2D eigenvalue weighted by Gasteiger charge is -2.23. The monoisotopic (exact) mass is 378 g/mol. The molecule has 1 atom stereocenters. The molecule has 1 aromatic rings. The Hall–Kier alpha value is -0.100. The summed E-state index contributed by atoms with van der Waals surface area (Å²) in [5, 5.41) is 9.11. The van der Waals surface area contributed by atoms with Crippen LogP contribution in [0.2, 0.25) is 0 Å². The van der Waals surface area contributed by atoms with Gasteiger partial charge in [-0.2, -0.15) is 0 Å². The third kappa shape index (κ3) is 3.70. The topological polar surface area (TPSA) is 38.7 Å². The normalized spacial score (nSPS) is 19.8. The van der Waals surface area contributed by atoms with E-state index in [0.717, 1.165) is 39.7 Å². The van der Waals surface area contributed by atoms with Crippen molar-refractivity contribution in [3.63, 3.8) is 0 Å². The lowest BCUT2D eigenvalue weighted by molar-refractivity contribution is -0.0113. The first kappa shape index (κ1) is 14.3. The fourth-order valence-corrected chi connectivity index (χ4v) is 3.47. The van der Waals surface area contributed by atoms with Crippen LogP contribution >= 0.6 is 31.9 Å². The van der Waals surface area contributed by atoms with Crippen molar-refractivity contribution >= 4 is 31.9 Å². The molecule has 0 bridgehead atoms.